The fourth-order valence-electron chi connectivity index (χ4n) is 1.69. The lowest BCUT2D eigenvalue weighted by atomic mass is 10.1. The molecule has 0 bridgehead atoms. The molecule has 2 rings (SSSR count). The monoisotopic (exact) mass is 190 g/mol. The summed E-state index contributed by atoms with van der Waals surface area (Å²) in [5, 5.41) is 3.18. The highest BCUT2D eigenvalue weighted by molar-refractivity contribution is 5.83. The van der Waals surface area contributed by atoms with E-state index in [-0.39, 0.29) is 11.9 Å². The van der Waals surface area contributed by atoms with Gasteiger partial charge in [0.15, 0.2) is 0 Å². The predicted molar refractivity (Wildman–Crippen MR) is 54.7 cm³/mol. The van der Waals surface area contributed by atoms with E-state index in [0.717, 1.165) is 6.42 Å². The molecule has 14 heavy (non-hydrogen) atoms. The van der Waals surface area contributed by atoms with Gasteiger partial charge in [0.1, 0.15) is 0 Å². The van der Waals surface area contributed by atoms with Crippen LogP contribution in [0.25, 0.3) is 0 Å². The molecule has 3 nitrogen and oxygen atoms in total. The van der Waals surface area contributed by atoms with Crippen molar-refractivity contribution in [3.63, 3.8) is 0 Å². The molecule has 0 aromatic heterocycles. The van der Waals surface area contributed by atoms with Crippen molar-refractivity contribution < 1.29 is 4.79 Å². The van der Waals surface area contributed by atoms with Crippen LogP contribution in [-0.2, 0) is 11.2 Å². The van der Waals surface area contributed by atoms with E-state index in [2.05, 4.69) is 5.32 Å². The lowest BCUT2D eigenvalue weighted by Gasteiger charge is -2.08. The number of carbonyl (C=O) groups is 1. The summed E-state index contributed by atoms with van der Waals surface area (Å²) in [4.78, 5) is 13.3. The van der Waals surface area contributed by atoms with E-state index in [9.17, 15) is 4.79 Å². The van der Waals surface area contributed by atoms with Crippen LogP contribution in [-0.4, -0.2) is 30.6 Å². The van der Waals surface area contributed by atoms with Crippen LogP contribution in [0, 0.1) is 0 Å². The van der Waals surface area contributed by atoms with Crippen molar-refractivity contribution >= 4 is 5.91 Å². The molecular formula is C11H14N2O. The quantitative estimate of drug-likeness (QED) is 0.741. The molecular weight excluding hydrogens is 176 g/mol. The number of carbonyl (C=O) groups excluding carboxylic acids is 1. The minimum atomic E-state index is -0.0394. The Hall–Kier alpha value is -1.35. The van der Waals surface area contributed by atoms with Crippen LogP contribution >= 0.6 is 0 Å². The maximum Gasteiger partial charge on any atom is 0.240 e. The molecule has 1 aliphatic rings. The van der Waals surface area contributed by atoms with Gasteiger partial charge in [-0.25, -0.2) is 0 Å². The van der Waals surface area contributed by atoms with E-state index >= 15 is 0 Å². The third-order valence-electron chi connectivity index (χ3n) is 2.53. The van der Waals surface area contributed by atoms with Gasteiger partial charge in [-0.2, -0.15) is 0 Å². The highest BCUT2D eigenvalue weighted by atomic mass is 16.2. The molecule has 1 amide bonds. The summed E-state index contributed by atoms with van der Waals surface area (Å²) in [6.07, 6.45) is 0.782. The number of rotatable bonds is 2. The zero-order valence-corrected chi connectivity index (χ0v) is 8.23. The fourth-order valence-corrected chi connectivity index (χ4v) is 1.69. The Morgan fingerprint density at radius 2 is 2.14 bits per heavy atom. The second-order valence-electron chi connectivity index (χ2n) is 3.64. The van der Waals surface area contributed by atoms with Crippen molar-refractivity contribution in [2.24, 2.45) is 0 Å². The van der Waals surface area contributed by atoms with Crippen molar-refractivity contribution in [2.45, 2.75) is 12.5 Å². The normalized spacial score (nSPS) is 21.6. The summed E-state index contributed by atoms with van der Waals surface area (Å²) in [5.41, 5.74) is 1.20. The Kier molecular flexibility index (Phi) is 2.50. The van der Waals surface area contributed by atoms with Gasteiger partial charge in [-0.1, -0.05) is 30.3 Å². The lowest BCUT2D eigenvalue weighted by molar-refractivity contribution is -0.127. The summed E-state index contributed by atoms with van der Waals surface area (Å²) in [6.45, 7) is 0.663. The van der Waals surface area contributed by atoms with Crippen LogP contribution < -0.4 is 5.32 Å². The number of nitrogens with one attached hydrogen (secondary N) is 1. The Labute approximate surface area is 83.7 Å². The first kappa shape index (κ1) is 9.21. The number of benzene rings is 1. The number of hydrogen-bond acceptors (Lipinski definition) is 2. The topological polar surface area (TPSA) is 32.3 Å². The van der Waals surface area contributed by atoms with Crippen molar-refractivity contribution in [1.82, 2.24) is 10.2 Å². The molecule has 0 radical (unpaired) electrons. The second-order valence-corrected chi connectivity index (χ2v) is 3.64. The predicted octanol–water partition coefficient (Wildman–Crippen LogP) is 0.617. The molecule has 1 N–H and O–H groups in total. The SMILES string of the molecule is CN1CN[C@@H](Cc2ccccc2)C1=O. The van der Waals surface area contributed by atoms with Crippen molar-refractivity contribution in [3.8, 4) is 0 Å². The smallest absolute Gasteiger partial charge is 0.240 e. The van der Waals surface area contributed by atoms with Gasteiger partial charge in [0.05, 0.1) is 12.7 Å². The van der Waals surface area contributed by atoms with Crippen LogP contribution in [0.2, 0.25) is 0 Å². The van der Waals surface area contributed by atoms with E-state index in [1.54, 1.807) is 4.90 Å². The standard InChI is InChI=1S/C11H14N2O/c1-13-8-12-10(11(13)14)7-9-5-3-2-4-6-9/h2-6,10,12H,7-8H2,1H3/t10-/m0/s1. The Morgan fingerprint density at radius 3 is 2.71 bits per heavy atom. The van der Waals surface area contributed by atoms with E-state index in [4.69, 9.17) is 0 Å². The lowest BCUT2D eigenvalue weighted by Crippen LogP contribution is -2.30. The van der Waals surface area contributed by atoms with Crippen LogP contribution in [0.4, 0.5) is 0 Å². The highest BCUT2D eigenvalue weighted by Gasteiger charge is 2.27. The molecule has 1 aliphatic heterocycles. The largest absolute Gasteiger partial charge is 0.332 e. The first-order chi connectivity index (χ1) is 6.77. The van der Waals surface area contributed by atoms with Gasteiger partial charge >= 0.3 is 0 Å². The fraction of sp³-hybridized carbons (Fsp3) is 0.364. The third kappa shape index (κ3) is 1.77. The average molecular weight is 190 g/mol. The van der Waals surface area contributed by atoms with Gasteiger partial charge in [-0.3, -0.25) is 10.1 Å². The van der Waals surface area contributed by atoms with E-state index in [1.807, 2.05) is 37.4 Å². The molecule has 0 aliphatic carbocycles. The Balaban J connectivity index is 2.02. The van der Waals surface area contributed by atoms with Crippen LogP contribution in [0.15, 0.2) is 30.3 Å². The van der Waals surface area contributed by atoms with Gasteiger partial charge in [0.2, 0.25) is 5.91 Å². The second kappa shape index (κ2) is 3.80. The van der Waals surface area contributed by atoms with E-state index in [1.165, 1.54) is 5.56 Å². The molecule has 1 aromatic carbocycles. The van der Waals surface area contributed by atoms with Crippen molar-refractivity contribution in [2.75, 3.05) is 13.7 Å². The highest BCUT2D eigenvalue weighted by Crippen LogP contribution is 2.08. The van der Waals surface area contributed by atoms with E-state index in [0.29, 0.717) is 6.67 Å². The van der Waals surface area contributed by atoms with Gasteiger partial charge in [0, 0.05) is 7.05 Å². The zero-order chi connectivity index (χ0) is 9.97. The summed E-state index contributed by atoms with van der Waals surface area (Å²) < 4.78 is 0. The van der Waals surface area contributed by atoms with Gasteiger partial charge in [0.25, 0.3) is 0 Å². The molecule has 1 saturated heterocycles. The minimum absolute atomic E-state index is 0.0394. The molecule has 1 heterocycles. The summed E-state index contributed by atoms with van der Waals surface area (Å²) in [6, 6.07) is 10.0. The Morgan fingerprint density at radius 1 is 1.43 bits per heavy atom. The number of nitrogens with zero attached hydrogens (tertiary/aromatic N) is 1. The first-order valence-electron chi connectivity index (χ1n) is 4.79. The number of hydrogen-bond donors (Lipinski definition) is 1. The van der Waals surface area contributed by atoms with Gasteiger partial charge in [-0.15, -0.1) is 0 Å². The molecule has 3 heteroatoms. The Bertz CT molecular complexity index is 323. The maximum atomic E-state index is 11.6. The molecule has 0 unspecified atom stereocenters. The van der Waals surface area contributed by atoms with E-state index < -0.39 is 0 Å². The summed E-state index contributed by atoms with van der Waals surface area (Å²) >= 11 is 0. The molecule has 0 spiro atoms. The average Bonchev–Trinajstić information content (AvgIpc) is 2.52. The molecule has 74 valence electrons. The number of likely N-dealkylation sites (N-methyl/N-ethyl adjacent to an activating group) is 1. The van der Waals surface area contributed by atoms with Crippen molar-refractivity contribution in [1.29, 1.82) is 0 Å². The van der Waals surface area contributed by atoms with Crippen LogP contribution in [0.5, 0.6) is 0 Å². The van der Waals surface area contributed by atoms with Gasteiger partial charge in [-0.05, 0) is 12.0 Å². The molecule has 1 aromatic rings. The maximum absolute atomic E-state index is 11.6. The van der Waals surface area contributed by atoms with Crippen LogP contribution in [0.3, 0.4) is 0 Å². The first-order valence-corrected chi connectivity index (χ1v) is 4.79. The zero-order valence-electron chi connectivity index (χ0n) is 8.23. The van der Waals surface area contributed by atoms with Crippen LogP contribution in [0.1, 0.15) is 5.56 Å². The summed E-state index contributed by atoms with van der Waals surface area (Å²) in [5.74, 6) is 0.189. The summed E-state index contributed by atoms with van der Waals surface area (Å²) in [7, 11) is 1.82. The molecule has 0 saturated carbocycles. The third-order valence-corrected chi connectivity index (χ3v) is 2.53. The minimum Gasteiger partial charge on any atom is -0.332 e. The molecule has 1 fully saturated rings. The molecule has 1 atom stereocenters. The van der Waals surface area contributed by atoms with Crippen molar-refractivity contribution in [3.05, 3.63) is 35.9 Å². The number of amides is 1. The van der Waals surface area contributed by atoms with Gasteiger partial charge < -0.3 is 4.90 Å².